The highest BCUT2D eigenvalue weighted by atomic mass is 79.9. The molecule has 2 N–H and O–H groups in total. The van der Waals surface area contributed by atoms with Gasteiger partial charge in [0, 0.05) is 22.1 Å². The molecule has 1 aliphatic rings. The van der Waals surface area contributed by atoms with Crippen LogP contribution in [0.5, 0.6) is 0 Å². The number of ether oxygens (including phenoxy) is 1. The van der Waals surface area contributed by atoms with Crippen molar-refractivity contribution in [2.45, 2.75) is 20.3 Å². The van der Waals surface area contributed by atoms with E-state index in [1.165, 1.54) is 0 Å². The zero-order valence-corrected chi connectivity index (χ0v) is 19.7. The van der Waals surface area contributed by atoms with Crippen LogP contribution >= 0.6 is 27.5 Å². The Morgan fingerprint density at radius 2 is 1.97 bits per heavy atom. The summed E-state index contributed by atoms with van der Waals surface area (Å²) in [4.78, 5) is 49.1. The van der Waals surface area contributed by atoms with Crippen LogP contribution in [0.4, 0.5) is 5.69 Å². The topological polar surface area (TPSA) is 105 Å². The number of nitrogens with zero attached hydrogens (tertiary/aromatic N) is 1. The maximum atomic E-state index is 12.3. The summed E-state index contributed by atoms with van der Waals surface area (Å²) in [6.45, 7) is 3.11. The number of benzene rings is 2. The van der Waals surface area contributed by atoms with E-state index < -0.39 is 36.2 Å². The molecule has 168 valence electrons. The van der Waals surface area contributed by atoms with E-state index in [0.717, 1.165) is 16.1 Å². The molecular weight excluding hydrogens is 502 g/mol. The second-order valence-corrected chi connectivity index (χ2v) is 8.71. The molecule has 0 unspecified atom stereocenters. The van der Waals surface area contributed by atoms with Gasteiger partial charge in [-0.2, -0.15) is 0 Å². The average molecular weight is 523 g/mol. The number of carbonyl (C=O) groups is 4. The molecular formula is C22H21BrClN3O5. The highest BCUT2D eigenvalue weighted by Crippen LogP contribution is 2.29. The van der Waals surface area contributed by atoms with Crippen molar-refractivity contribution in [3.05, 3.63) is 62.6 Å². The van der Waals surface area contributed by atoms with Crippen LogP contribution in [0, 0.1) is 19.8 Å². The molecule has 1 fully saturated rings. The molecule has 1 saturated heterocycles. The van der Waals surface area contributed by atoms with Crippen molar-refractivity contribution in [2.24, 2.45) is 5.92 Å². The van der Waals surface area contributed by atoms with Crippen LogP contribution in [0.25, 0.3) is 0 Å². The number of hydrogen-bond donors (Lipinski definition) is 2. The summed E-state index contributed by atoms with van der Waals surface area (Å²) in [5.74, 6) is -2.85. The Hall–Kier alpha value is -2.91. The zero-order valence-electron chi connectivity index (χ0n) is 17.4. The second-order valence-electron chi connectivity index (χ2n) is 7.45. The van der Waals surface area contributed by atoms with Gasteiger partial charge in [0.2, 0.25) is 5.91 Å². The number of rotatable bonds is 6. The first-order valence-electron chi connectivity index (χ1n) is 9.74. The van der Waals surface area contributed by atoms with Crippen molar-refractivity contribution in [1.29, 1.82) is 0 Å². The van der Waals surface area contributed by atoms with Crippen molar-refractivity contribution < 1.29 is 23.9 Å². The Kier molecular flexibility index (Phi) is 7.52. The van der Waals surface area contributed by atoms with E-state index in [1.807, 2.05) is 13.0 Å². The Balaban J connectivity index is 1.50. The number of carbonyl (C=O) groups excluding carboxylic acids is 4. The monoisotopic (exact) mass is 521 g/mol. The van der Waals surface area contributed by atoms with E-state index in [0.29, 0.717) is 20.7 Å². The van der Waals surface area contributed by atoms with Crippen LogP contribution < -0.4 is 10.7 Å². The van der Waals surface area contributed by atoms with Gasteiger partial charge in [-0.05, 0) is 59.6 Å². The minimum Gasteiger partial charge on any atom is -0.455 e. The van der Waals surface area contributed by atoms with Gasteiger partial charge in [0.05, 0.1) is 17.5 Å². The van der Waals surface area contributed by atoms with E-state index in [2.05, 4.69) is 26.7 Å². The summed E-state index contributed by atoms with van der Waals surface area (Å²) in [6.07, 6.45) is -0.115. The van der Waals surface area contributed by atoms with Gasteiger partial charge in [0.25, 0.3) is 11.8 Å². The van der Waals surface area contributed by atoms with Gasteiger partial charge in [-0.3, -0.25) is 29.6 Å². The molecule has 0 saturated carbocycles. The highest BCUT2D eigenvalue weighted by Gasteiger charge is 2.36. The summed E-state index contributed by atoms with van der Waals surface area (Å²) in [5, 5.41) is 4.17. The summed E-state index contributed by atoms with van der Waals surface area (Å²) in [6, 6.07) is 10.3. The molecule has 0 radical (unpaired) electrons. The Morgan fingerprint density at radius 3 is 2.69 bits per heavy atom. The smallest absolute Gasteiger partial charge is 0.311 e. The Labute approximate surface area is 198 Å². The van der Waals surface area contributed by atoms with Crippen LogP contribution in [0.1, 0.15) is 27.9 Å². The molecule has 10 heteroatoms. The zero-order chi connectivity index (χ0) is 23.4. The number of halogens is 2. The molecule has 0 bridgehead atoms. The van der Waals surface area contributed by atoms with Crippen molar-refractivity contribution in [3.63, 3.8) is 0 Å². The summed E-state index contributed by atoms with van der Waals surface area (Å²) in [7, 11) is 0. The van der Waals surface area contributed by atoms with Gasteiger partial charge in [-0.25, -0.2) is 0 Å². The molecule has 1 atom stereocenters. The number of hydrogen-bond acceptors (Lipinski definition) is 5. The van der Waals surface area contributed by atoms with Crippen LogP contribution in [-0.4, -0.2) is 41.9 Å². The summed E-state index contributed by atoms with van der Waals surface area (Å²) >= 11 is 9.35. The van der Waals surface area contributed by atoms with Crippen LogP contribution in [-0.2, 0) is 19.1 Å². The first-order valence-corrected chi connectivity index (χ1v) is 10.9. The van der Waals surface area contributed by atoms with Gasteiger partial charge in [-0.15, -0.1) is 0 Å². The van der Waals surface area contributed by atoms with E-state index in [1.54, 1.807) is 37.3 Å². The lowest BCUT2D eigenvalue weighted by atomic mass is 10.1. The summed E-state index contributed by atoms with van der Waals surface area (Å²) in [5.41, 5.74) is 5.11. The number of anilines is 1. The molecule has 2 aromatic carbocycles. The number of amides is 3. The van der Waals surface area contributed by atoms with Crippen molar-refractivity contribution in [3.8, 4) is 0 Å². The Bertz CT molecular complexity index is 1090. The molecule has 1 aliphatic heterocycles. The molecule has 8 nitrogen and oxygen atoms in total. The molecule has 32 heavy (non-hydrogen) atoms. The van der Waals surface area contributed by atoms with Crippen LogP contribution in [0.2, 0.25) is 5.02 Å². The van der Waals surface area contributed by atoms with Gasteiger partial charge < -0.3 is 10.1 Å². The normalized spacial score (nSPS) is 15.4. The Morgan fingerprint density at radius 1 is 1.22 bits per heavy atom. The standard InChI is InChI=1S/C22H21BrClN3O5/c1-12-4-3-5-14(6-12)21(30)26-27-10-15(8-20(27)29)22(31)32-11-19(28)25-18-9-17(24)16(23)7-13(18)2/h3-7,9,15H,8,10-11H2,1-2H3,(H,25,28)(H,26,30)/t15-/m0/s1. The number of esters is 1. The van der Waals surface area contributed by atoms with E-state index in [-0.39, 0.29) is 13.0 Å². The number of hydrazine groups is 1. The van der Waals surface area contributed by atoms with Crippen LogP contribution in [0.15, 0.2) is 40.9 Å². The molecule has 2 aromatic rings. The largest absolute Gasteiger partial charge is 0.455 e. The molecule has 1 heterocycles. The fraction of sp³-hybridized carbons (Fsp3) is 0.273. The lowest BCUT2D eigenvalue weighted by Gasteiger charge is -2.17. The second kappa shape index (κ2) is 10.1. The lowest BCUT2D eigenvalue weighted by Crippen LogP contribution is -2.43. The van der Waals surface area contributed by atoms with Crippen molar-refractivity contribution >= 4 is 56.9 Å². The third-order valence-electron chi connectivity index (χ3n) is 4.86. The third-order valence-corrected chi connectivity index (χ3v) is 6.06. The molecule has 3 rings (SSSR count). The fourth-order valence-electron chi connectivity index (χ4n) is 3.17. The number of nitrogens with one attached hydrogen (secondary N) is 2. The minimum absolute atomic E-state index is 0.0295. The predicted molar refractivity (Wildman–Crippen MR) is 122 cm³/mol. The molecule has 3 amide bonds. The van der Waals surface area contributed by atoms with Crippen molar-refractivity contribution in [1.82, 2.24) is 10.4 Å². The van der Waals surface area contributed by atoms with Crippen LogP contribution in [0.3, 0.4) is 0 Å². The molecule has 0 aliphatic carbocycles. The van der Waals surface area contributed by atoms with Gasteiger partial charge in [0.15, 0.2) is 6.61 Å². The lowest BCUT2D eigenvalue weighted by molar-refractivity contribution is -0.151. The fourth-order valence-corrected chi connectivity index (χ4v) is 3.79. The minimum atomic E-state index is -0.781. The van der Waals surface area contributed by atoms with Gasteiger partial charge in [-0.1, -0.05) is 29.3 Å². The SMILES string of the molecule is Cc1cccc(C(=O)NN2C[C@@H](C(=O)OCC(=O)Nc3cc(Cl)c(Br)cc3C)CC2=O)c1. The first kappa shape index (κ1) is 23.7. The third kappa shape index (κ3) is 5.86. The van der Waals surface area contributed by atoms with Crippen molar-refractivity contribution in [2.75, 3.05) is 18.5 Å². The summed E-state index contributed by atoms with van der Waals surface area (Å²) < 4.78 is 5.77. The maximum absolute atomic E-state index is 12.3. The van der Waals surface area contributed by atoms with E-state index in [9.17, 15) is 19.2 Å². The quantitative estimate of drug-likeness (QED) is 0.566. The maximum Gasteiger partial charge on any atom is 0.311 e. The van der Waals surface area contributed by atoms with Gasteiger partial charge >= 0.3 is 5.97 Å². The predicted octanol–water partition coefficient (Wildman–Crippen LogP) is 3.39. The molecule has 0 spiro atoms. The number of aryl methyl sites for hydroxylation is 2. The highest BCUT2D eigenvalue weighted by molar-refractivity contribution is 9.10. The molecule has 0 aromatic heterocycles. The van der Waals surface area contributed by atoms with E-state index in [4.69, 9.17) is 16.3 Å². The first-order chi connectivity index (χ1) is 15.1. The van der Waals surface area contributed by atoms with E-state index >= 15 is 0 Å². The average Bonchev–Trinajstić information content (AvgIpc) is 3.10. The van der Waals surface area contributed by atoms with Gasteiger partial charge in [0.1, 0.15) is 0 Å².